The third-order valence-electron chi connectivity index (χ3n) is 2.29. The summed E-state index contributed by atoms with van der Waals surface area (Å²) in [7, 11) is 1.62. The molecule has 1 aliphatic carbocycles. The number of methoxy groups -OCH3 is 1. The lowest BCUT2D eigenvalue weighted by Gasteiger charge is -2.06. The van der Waals surface area contributed by atoms with E-state index in [2.05, 4.69) is 15.3 Å². The van der Waals surface area contributed by atoms with Gasteiger partial charge >= 0.3 is 0 Å². The van der Waals surface area contributed by atoms with Crippen LogP contribution in [0.2, 0.25) is 0 Å². The number of rotatable bonds is 4. The average Bonchev–Trinajstić information content (AvgIpc) is 2.97. The van der Waals surface area contributed by atoms with Crippen molar-refractivity contribution in [2.24, 2.45) is 5.92 Å². The predicted octanol–water partition coefficient (Wildman–Crippen LogP) is 1.62. The van der Waals surface area contributed by atoms with E-state index in [0.29, 0.717) is 11.8 Å². The number of aryl methyl sites for hydroxylation is 1. The summed E-state index contributed by atoms with van der Waals surface area (Å²) in [6, 6.07) is 1.82. The highest BCUT2D eigenvalue weighted by atomic mass is 16.5. The standard InChI is InChI=1S/C10H15N3O/c1-7-5-9(14-2)13-10(12-7)11-6-8-3-4-8/h5,8H,3-4,6H2,1-2H3,(H,11,12,13). The van der Waals surface area contributed by atoms with Crippen LogP contribution in [0.25, 0.3) is 0 Å². The van der Waals surface area contributed by atoms with Gasteiger partial charge in [-0.05, 0) is 25.7 Å². The van der Waals surface area contributed by atoms with E-state index in [1.165, 1.54) is 12.8 Å². The SMILES string of the molecule is COc1cc(C)nc(NCC2CC2)n1. The summed E-state index contributed by atoms with van der Waals surface area (Å²) in [5.41, 5.74) is 0.926. The van der Waals surface area contributed by atoms with Crippen LogP contribution in [0, 0.1) is 12.8 Å². The third kappa shape index (κ3) is 2.34. The fraction of sp³-hybridized carbons (Fsp3) is 0.600. The molecule has 2 rings (SSSR count). The summed E-state index contributed by atoms with van der Waals surface area (Å²) in [5, 5.41) is 3.22. The van der Waals surface area contributed by atoms with E-state index in [1.54, 1.807) is 7.11 Å². The van der Waals surface area contributed by atoms with Crippen molar-refractivity contribution >= 4 is 5.95 Å². The molecule has 0 radical (unpaired) electrons. The summed E-state index contributed by atoms with van der Waals surface area (Å²) >= 11 is 0. The minimum Gasteiger partial charge on any atom is -0.481 e. The zero-order valence-corrected chi connectivity index (χ0v) is 8.58. The molecule has 1 saturated carbocycles. The predicted molar refractivity (Wildman–Crippen MR) is 54.5 cm³/mol. The van der Waals surface area contributed by atoms with Gasteiger partial charge in [-0.1, -0.05) is 0 Å². The van der Waals surface area contributed by atoms with Gasteiger partial charge in [0.05, 0.1) is 7.11 Å². The molecule has 1 aromatic heterocycles. The molecule has 0 amide bonds. The molecule has 0 atom stereocenters. The van der Waals surface area contributed by atoms with Gasteiger partial charge in [-0.3, -0.25) is 0 Å². The second-order valence-electron chi connectivity index (χ2n) is 3.70. The molecule has 1 heterocycles. The van der Waals surface area contributed by atoms with Crippen LogP contribution in [0.1, 0.15) is 18.5 Å². The highest BCUT2D eigenvalue weighted by Crippen LogP contribution is 2.28. The minimum atomic E-state index is 0.621. The summed E-state index contributed by atoms with van der Waals surface area (Å²) in [6.07, 6.45) is 2.66. The summed E-state index contributed by atoms with van der Waals surface area (Å²) in [6.45, 7) is 2.92. The Morgan fingerprint density at radius 2 is 2.29 bits per heavy atom. The molecule has 1 aliphatic rings. The van der Waals surface area contributed by atoms with Crippen molar-refractivity contribution in [3.63, 3.8) is 0 Å². The Morgan fingerprint density at radius 3 is 2.93 bits per heavy atom. The minimum absolute atomic E-state index is 0.621. The van der Waals surface area contributed by atoms with Crippen molar-refractivity contribution in [1.29, 1.82) is 0 Å². The average molecular weight is 193 g/mol. The van der Waals surface area contributed by atoms with E-state index >= 15 is 0 Å². The Balaban J connectivity index is 2.03. The summed E-state index contributed by atoms with van der Waals surface area (Å²) in [5.74, 6) is 2.12. The van der Waals surface area contributed by atoms with E-state index in [1.807, 2.05) is 13.0 Å². The second kappa shape index (κ2) is 3.82. The highest BCUT2D eigenvalue weighted by Gasteiger charge is 2.21. The summed E-state index contributed by atoms with van der Waals surface area (Å²) in [4.78, 5) is 8.49. The molecule has 76 valence electrons. The number of aromatic nitrogens is 2. The quantitative estimate of drug-likeness (QED) is 0.789. The first-order valence-electron chi connectivity index (χ1n) is 4.91. The van der Waals surface area contributed by atoms with Gasteiger partial charge in [0.15, 0.2) is 0 Å². The van der Waals surface area contributed by atoms with Crippen molar-refractivity contribution in [3.8, 4) is 5.88 Å². The monoisotopic (exact) mass is 193 g/mol. The van der Waals surface area contributed by atoms with E-state index in [-0.39, 0.29) is 0 Å². The molecule has 14 heavy (non-hydrogen) atoms. The zero-order chi connectivity index (χ0) is 9.97. The molecular weight excluding hydrogens is 178 g/mol. The van der Waals surface area contributed by atoms with Crippen LogP contribution in [-0.2, 0) is 0 Å². The van der Waals surface area contributed by atoms with Gasteiger partial charge in [-0.25, -0.2) is 4.98 Å². The van der Waals surface area contributed by atoms with Crippen molar-refractivity contribution in [2.75, 3.05) is 19.0 Å². The fourth-order valence-electron chi connectivity index (χ4n) is 1.28. The molecule has 1 N–H and O–H groups in total. The van der Waals surface area contributed by atoms with Gasteiger partial charge in [0.25, 0.3) is 0 Å². The number of hydrogen-bond acceptors (Lipinski definition) is 4. The lowest BCUT2D eigenvalue weighted by Crippen LogP contribution is -2.08. The lowest BCUT2D eigenvalue weighted by molar-refractivity contribution is 0.397. The maximum atomic E-state index is 5.07. The number of hydrogen-bond donors (Lipinski definition) is 1. The Kier molecular flexibility index (Phi) is 2.52. The van der Waals surface area contributed by atoms with Crippen molar-refractivity contribution in [1.82, 2.24) is 9.97 Å². The van der Waals surface area contributed by atoms with Crippen LogP contribution in [0.4, 0.5) is 5.95 Å². The van der Waals surface area contributed by atoms with Crippen LogP contribution in [-0.4, -0.2) is 23.6 Å². The first-order valence-corrected chi connectivity index (χ1v) is 4.91. The lowest BCUT2D eigenvalue weighted by atomic mass is 10.4. The van der Waals surface area contributed by atoms with Crippen LogP contribution < -0.4 is 10.1 Å². The Labute approximate surface area is 83.7 Å². The maximum absolute atomic E-state index is 5.07. The van der Waals surface area contributed by atoms with E-state index in [9.17, 15) is 0 Å². The largest absolute Gasteiger partial charge is 0.481 e. The van der Waals surface area contributed by atoms with Crippen molar-refractivity contribution in [2.45, 2.75) is 19.8 Å². The number of nitrogens with one attached hydrogen (secondary N) is 1. The van der Waals surface area contributed by atoms with Crippen LogP contribution >= 0.6 is 0 Å². The molecule has 0 spiro atoms. The van der Waals surface area contributed by atoms with Gasteiger partial charge in [0.2, 0.25) is 11.8 Å². The molecular formula is C10H15N3O. The van der Waals surface area contributed by atoms with Gasteiger partial charge < -0.3 is 10.1 Å². The number of nitrogens with zero attached hydrogens (tertiary/aromatic N) is 2. The summed E-state index contributed by atoms with van der Waals surface area (Å²) < 4.78 is 5.07. The molecule has 1 aromatic rings. The normalized spacial score (nSPS) is 15.3. The Bertz CT molecular complexity index is 323. The molecule has 0 aromatic carbocycles. The third-order valence-corrected chi connectivity index (χ3v) is 2.29. The highest BCUT2D eigenvalue weighted by molar-refractivity contribution is 5.30. The Hall–Kier alpha value is -1.32. The maximum Gasteiger partial charge on any atom is 0.226 e. The number of anilines is 1. The van der Waals surface area contributed by atoms with E-state index in [0.717, 1.165) is 18.2 Å². The molecule has 0 aliphatic heterocycles. The van der Waals surface area contributed by atoms with Crippen LogP contribution in [0.3, 0.4) is 0 Å². The molecule has 0 bridgehead atoms. The van der Waals surface area contributed by atoms with E-state index < -0.39 is 0 Å². The molecule has 4 nitrogen and oxygen atoms in total. The van der Waals surface area contributed by atoms with Crippen LogP contribution in [0.5, 0.6) is 5.88 Å². The molecule has 4 heteroatoms. The van der Waals surface area contributed by atoms with E-state index in [4.69, 9.17) is 4.74 Å². The van der Waals surface area contributed by atoms with Crippen LogP contribution in [0.15, 0.2) is 6.07 Å². The Morgan fingerprint density at radius 1 is 1.50 bits per heavy atom. The topological polar surface area (TPSA) is 47.0 Å². The van der Waals surface area contributed by atoms with Crippen molar-refractivity contribution < 1.29 is 4.74 Å². The fourth-order valence-corrected chi connectivity index (χ4v) is 1.28. The molecule has 0 unspecified atom stereocenters. The van der Waals surface area contributed by atoms with Gasteiger partial charge in [-0.2, -0.15) is 4.98 Å². The first-order chi connectivity index (χ1) is 6.78. The first kappa shape index (κ1) is 9.24. The second-order valence-corrected chi connectivity index (χ2v) is 3.70. The zero-order valence-electron chi connectivity index (χ0n) is 8.58. The smallest absolute Gasteiger partial charge is 0.226 e. The molecule has 1 fully saturated rings. The van der Waals surface area contributed by atoms with Crippen molar-refractivity contribution in [3.05, 3.63) is 11.8 Å². The van der Waals surface area contributed by atoms with Gasteiger partial charge in [-0.15, -0.1) is 0 Å². The molecule has 0 saturated heterocycles. The number of ether oxygens (including phenoxy) is 1. The van der Waals surface area contributed by atoms with Gasteiger partial charge in [0.1, 0.15) is 0 Å². The van der Waals surface area contributed by atoms with Gasteiger partial charge in [0, 0.05) is 18.3 Å².